The quantitative estimate of drug-likeness (QED) is 0.318. The van der Waals surface area contributed by atoms with E-state index in [2.05, 4.69) is 37.6 Å². The van der Waals surface area contributed by atoms with Gasteiger partial charge in [-0.25, -0.2) is 9.98 Å². The number of hydrogen-bond acceptors (Lipinski definition) is 5. The molecule has 0 saturated heterocycles. The lowest BCUT2D eigenvalue weighted by Crippen LogP contribution is -2.55. The van der Waals surface area contributed by atoms with E-state index in [-0.39, 0.29) is 24.7 Å². The Hall–Kier alpha value is -3.82. The zero-order chi connectivity index (χ0) is 25.8. The topological polar surface area (TPSA) is 145 Å². The molecular formula is C25H34N6O4. The second-order valence-electron chi connectivity index (χ2n) is 8.80. The van der Waals surface area contributed by atoms with Crippen molar-refractivity contribution in [2.45, 2.75) is 64.6 Å². The molecule has 0 radical (unpaired) electrons. The van der Waals surface area contributed by atoms with Crippen molar-refractivity contribution < 1.29 is 19.2 Å². The molecule has 0 saturated carbocycles. The smallest absolute Gasteiger partial charge is 0.267 e. The number of carbonyl (C=O) groups is 4. The molecule has 1 aromatic carbocycles. The molecule has 0 aliphatic carbocycles. The van der Waals surface area contributed by atoms with E-state index < -0.39 is 35.8 Å². The molecule has 1 aromatic heterocycles. The van der Waals surface area contributed by atoms with Gasteiger partial charge in [-0.3, -0.25) is 19.2 Å². The SMILES string of the molecule is C=NC(=O)[C@H](CC(C)C)NC(=O)[C@H](C)NC(=O)[C@H](Cc1cnc[nH]1)NC(=O)CCc1ccccc1. The number of H-pyrrole nitrogens is 1. The Morgan fingerprint density at radius 1 is 1.00 bits per heavy atom. The van der Waals surface area contributed by atoms with Crippen LogP contribution in [0.3, 0.4) is 0 Å². The first kappa shape index (κ1) is 27.4. The van der Waals surface area contributed by atoms with Crippen LogP contribution in [0.25, 0.3) is 0 Å². The Labute approximate surface area is 205 Å². The highest BCUT2D eigenvalue weighted by atomic mass is 16.2. The number of aromatic nitrogens is 2. The van der Waals surface area contributed by atoms with E-state index in [9.17, 15) is 19.2 Å². The van der Waals surface area contributed by atoms with Gasteiger partial charge in [0.05, 0.1) is 6.33 Å². The summed E-state index contributed by atoms with van der Waals surface area (Å²) < 4.78 is 0. The van der Waals surface area contributed by atoms with E-state index in [0.29, 0.717) is 18.5 Å². The molecular weight excluding hydrogens is 448 g/mol. The maximum absolute atomic E-state index is 13.0. The Balaban J connectivity index is 2.01. The summed E-state index contributed by atoms with van der Waals surface area (Å²) in [7, 11) is 0. The normalized spacial score (nSPS) is 13.4. The summed E-state index contributed by atoms with van der Waals surface area (Å²) >= 11 is 0. The number of imidazole rings is 1. The Kier molecular flexibility index (Phi) is 10.8. The van der Waals surface area contributed by atoms with Crippen LogP contribution in [0.4, 0.5) is 0 Å². The van der Waals surface area contributed by atoms with Gasteiger partial charge in [0.25, 0.3) is 5.91 Å². The van der Waals surface area contributed by atoms with Gasteiger partial charge in [-0.1, -0.05) is 44.2 Å². The van der Waals surface area contributed by atoms with Gasteiger partial charge in [0.15, 0.2) is 0 Å². The van der Waals surface area contributed by atoms with Crippen LogP contribution in [0.1, 0.15) is 44.9 Å². The summed E-state index contributed by atoms with van der Waals surface area (Å²) in [6.45, 7) is 8.59. The third-order valence-corrected chi connectivity index (χ3v) is 5.34. The number of hydrogen-bond donors (Lipinski definition) is 4. The van der Waals surface area contributed by atoms with Crippen LogP contribution < -0.4 is 16.0 Å². The van der Waals surface area contributed by atoms with Gasteiger partial charge >= 0.3 is 0 Å². The monoisotopic (exact) mass is 482 g/mol. The molecule has 0 aliphatic rings. The minimum absolute atomic E-state index is 0.140. The first-order chi connectivity index (χ1) is 16.7. The molecule has 0 bridgehead atoms. The highest BCUT2D eigenvalue weighted by Gasteiger charge is 2.28. The van der Waals surface area contributed by atoms with Crippen molar-refractivity contribution in [1.82, 2.24) is 25.9 Å². The van der Waals surface area contributed by atoms with Gasteiger partial charge < -0.3 is 20.9 Å². The third-order valence-electron chi connectivity index (χ3n) is 5.34. The second-order valence-corrected chi connectivity index (χ2v) is 8.80. The third kappa shape index (κ3) is 9.52. The number of aryl methyl sites for hydroxylation is 1. The summed E-state index contributed by atoms with van der Waals surface area (Å²) in [4.78, 5) is 60.6. The van der Waals surface area contributed by atoms with Crippen LogP contribution in [0.5, 0.6) is 0 Å². The molecule has 4 N–H and O–H groups in total. The summed E-state index contributed by atoms with van der Waals surface area (Å²) in [5.41, 5.74) is 1.67. The fourth-order valence-corrected chi connectivity index (χ4v) is 3.47. The number of aromatic amines is 1. The lowest BCUT2D eigenvalue weighted by atomic mass is 10.0. The standard InChI is InChI=1S/C25H34N6O4/c1-16(2)12-20(24(34)26-4)31-23(33)17(3)29-25(35)21(13-19-14-27-15-28-19)30-22(32)11-10-18-8-6-5-7-9-18/h5-9,14-17,20-21H,4,10-13H2,1-3H3,(H,27,28)(H,29,35)(H,30,32)(H,31,33)/t17-,20-,21-/m0/s1. The molecule has 3 atom stereocenters. The number of nitrogens with zero attached hydrogens (tertiary/aromatic N) is 2. The van der Waals surface area contributed by atoms with E-state index in [1.54, 1.807) is 6.20 Å². The van der Waals surface area contributed by atoms with Gasteiger partial charge in [-0.2, -0.15) is 0 Å². The van der Waals surface area contributed by atoms with Crippen LogP contribution in [0, 0.1) is 5.92 Å². The van der Waals surface area contributed by atoms with Gasteiger partial charge in [-0.05, 0) is 38.0 Å². The highest BCUT2D eigenvalue weighted by Crippen LogP contribution is 2.07. The van der Waals surface area contributed by atoms with Crippen LogP contribution in [-0.4, -0.2) is 58.4 Å². The van der Waals surface area contributed by atoms with Crippen LogP contribution >= 0.6 is 0 Å². The maximum atomic E-state index is 13.0. The first-order valence-electron chi connectivity index (χ1n) is 11.6. The number of rotatable bonds is 13. The molecule has 2 rings (SSSR count). The minimum Gasteiger partial charge on any atom is -0.348 e. The number of benzene rings is 1. The van der Waals surface area contributed by atoms with Gasteiger partial charge in [-0.15, -0.1) is 0 Å². The average Bonchev–Trinajstić information content (AvgIpc) is 3.34. The number of amides is 4. The summed E-state index contributed by atoms with van der Waals surface area (Å²) in [5.74, 6) is -1.74. The summed E-state index contributed by atoms with van der Waals surface area (Å²) in [5, 5.41) is 8.01. The van der Waals surface area contributed by atoms with Crippen LogP contribution in [0.2, 0.25) is 0 Å². The van der Waals surface area contributed by atoms with Gasteiger partial charge in [0.2, 0.25) is 17.7 Å². The molecule has 0 aliphatic heterocycles. The molecule has 10 heteroatoms. The van der Waals surface area contributed by atoms with Gasteiger partial charge in [0, 0.05) is 24.7 Å². The van der Waals surface area contributed by atoms with Crippen LogP contribution in [0.15, 0.2) is 47.8 Å². The van der Waals surface area contributed by atoms with Crippen molar-refractivity contribution in [3.05, 3.63) is 54.1 Å². The number of aliphatic imine (C=N–C) groups is 1. The highest BCUT2D eigenvalue weighted by molar-refractivity contribution is 5.94. The predicted octanol–water partition coefficient (Wildman–Crippen LogP) is 1.33. The van der Waals surface area contributed by atoms with Crippen molar-refractivity contribution in [2.75, 3.05) is 0 Å². The number of carbonyl (C=O) groups excluding carboxylic acids is 4. The first-order valence-corrected chi connectivity index (χ1v) is 11.6. The van der Waals surface area contributed by atoms with Crippen LogP contribution in [-0.2, 0) is 32.0 Å². The molecule has 0 unspecified atom stereocenters. The summed E-state index contributed by atoms with van der Waals surface area (Å²) in [6.07, 6.45) is 4.36. The van der Waals surface area contributed by atoms with Crippen molar-refractivity contribution in [2.24, 2.45) is 10.9 Å². The fourth-order valence-electron chi connectivity index (χ4n) is 3.47. The molecule has 35 heavy (non-hydrogen) atoms. The Bertz CT molecular complexity index is 991. The van der Waals surface area contributed by atoms with E-state index in [1.807, 2.05) is 44.2 Å². The Morgan fingerprint density at radius 3 is 2.31 bits per heavy atom. The van der Waals surface area contributed by atoms with E-state index in [0.717, 1.165) is 5.56 Å². The molecule has 4 amide bonds. The lowest BCUT2D eigenvalue weighted by Gasteiger charge is -2.23. The molecule has 0 fully saturated rings. The van der Waals surface area contributed by atoms with Crippen molar-refractivity contribution in [1.29, 1.82) is 0 Å². The van der Waals surface area contributed by atoms with Gasteiger partial charge in [0.1, 0.15) is 18.1 Å². The molecule has 1 heterocycles. The van der Waals surface area contributed by atoms with E-state index in [4.69, 9.17) is 0 Å². The minimum atomic E-state index is -0.944. The molecule has 10 nitrogen and oxygen atoms in total. The van der Waals surface area contributed by atoms with E-state index >= 15 is 0 Å². The lowest BCUT2D eigenvalue weighted by molar-refractivity contribution is -0.133. The molecule has 188 valence electrons. The predicted molar refractivity (Wildman–Crippen MR) is 133 cm³/mol. The van der Waals surface area contributed by atoms with Crippen molar-refractivity contribution >= 4 is 30.3 Å². The van der Waals surface area contributed by atoms with E-state index in [1.165, 1.54) is 13.3 Å². The van der Waals surface area contributed by atoms with Crippen molar-refractivity contribution in [3.63, 3.8) is 0 Å². The second kappa shape index (κ2) is 13.8. The molecule has 2 aromatic rings. The Morgan fingerprint density at radius 2 is 1.71 bits per heavy atom. The maximum Gasteiger partial charge on any atom is 0.267 e. The molecule has 0 spiro atoms. The zero-order valence-electron chi connectivity index (χ0n) is 20.4. The largest absolute Gasteiger partial charge is 0.348 e. The number of nitrogens with one attached hydrogen (secondary N) is 4. The fraction of sp³-hybridized carbons (Fsp3) is 0.440. The average molecular weight is 483 g/mol. The summed E-state index contributed by atoms with van der Waals surface area (Å²) in [6, 6.07) is 6.88. The zero-order valence-corrected chi connectivity index (χ0v) is 20.4. The van der Waals surface area contributed by atoms with Crippen molar-refractivity contribution in [3.8, 4) is 0 Å².